The molecule has 37 heavy (non-hydrogen) atoms. The number of sulfonamides is 1. The third kappa shape index (κ3) is 4.86. The Kier molecular flexibility index (Phi) is 6.78. The number of unbranched alkanes of at least 4 members (excludes halogenated alkanes) is 1. The second-order valence-electron chi connectivity index (χ2n) is 8.92. The molecule has 1 amide bonds. The second-order valence-corrected chi connectivity index (χ2v) is 10.9. The van der Waals surface area contributed by atoms with Gasteiger partial charge >= 0.3 is 6.01 Å². The van der Waals surface area contributed by atoms with Gasteiger partial charge in [-0.25, -0.2) is 17.2 Å². The summed E-state index contributed by atoms with van der Waals surface area (Å²) < 4.78 is 61.3. The van der Waals surface area contributed by atoms with Gasteiger partial charge in [0.25, 0.3) is 5.91 Å². The summed E-state index contributed by atoms with van der Waals surface area (Å²) in [4.78, 5) is 18.8. The van der Waals surface area contributed by atoms with E-state index in [0.29, 0.717) is 32.0 Å². The largest absolute Gasteiger partial charge is 0.423 e. The molecule has 0 saturated carbocycles. The van der Waals surface area contributed by atoms with Crippen molar-refractivity contribution in [3.63, 3.8) is 0 Å². The Balaban J connectivity index is 1.40. The van der Waals surface area contributed by atoms with E-state index in [1.54, 1.807) is 0 Å². The van der Waals surface area contributed by atoms with Crippen LogP contribution in [0.3, 0.4) is 0 Å². The molecule has 1 aliphatic rings. The molecule has 7 nitrogen and oxygen atoms in total. The van der Waals surface area contributed by atoms with E-state index in [4.69, 9.17) is 4.42 Å². The summed E-state index contributed by atoms with van der Waals surface area (Å²) in [7, 11) is -3.76. The van der Waals surface area contributed by atoms with Crippen LogP contribution in [0.5, 0.6) is 0 Å². The zero-order valence-corrected chi connectivity index (χ0v) is 21.0. The van der Waals surface area contributed by atoms with Crippen LogP contribution < -0.4 is 4.90 Å². The highest BCUT2D eigenvalue weighted by atomic mass is 32.2. The van der Waals surface area contributed by atoms with Gasteiger partial charge in [0.05, 0.1) is 4.90 Å². The average Bonchev–Trinajstić information content (AvgIpc) is 3.32. The third-order valence-corrected chi connectivity index (χ3v) is 8.31. The van der Waals surface area contributed by atoms with Crippen molar-refractivity contribution in [3.8, 4) is 0 Å². The highest BCUT2D eigenvalue weighted by Gasteiger charge is 2.29. The minimum absolute atomic E-state index is 0.0861. The minimum atomic E-state index is -3.76. The van der Waals surface area contributed by atoms with Gasteiger partial charge in [0, 0.05) is 37.3 Å². The Morgan fingerprint density at radius 1 is 1.08 bits per heavy atom. The number of amides is 1. The Morgan fingerprint density at radius 3 is 2.54 bits per heavy atom. The van der Waals surface area contributed by atoms with E-state index in [-0.39, 0.29) is 34.1 Å². The molecule has 0 aliphatic carbocycles. The number of hydrogen-bond acceptors (Lipinski definition) is 5. The van der Waals surface area contributed by atoms with E-state index < -0.39 is 27.6 Å². The van der Waals surface area contributed by atoms with Gasteiger partial charge in [-0.1, -0.05) is 37.6 Å². The van der Waals surface area contributed by atoms with Crippen LogP contribution in [-0.2, 0) is 23.0 Å². The van der Waals surface area contributed by atoms with Crippen molar-refractivity contribution in [3.05, 3.63) is 89.0 Å². The molecule has 10 heteroatoms. The van der Waals surface area contributed by atoms with Crippen LogP contribution in [0.15, 0.2) is 70.0 Å². The smallest absolute Gasteiger partial charge is 0.305 e. The van der Waals surface area contributed by atoms with Crippen LogP contribution in [0.1, 0.15) is 41.3 Å². The lowest BCUT2D eigenvalue weighted by Crippen LogP contribution is -2.36. The second kappa shape index (κ2) is 10.0. The third-order valence-electron chi connectivity index (χ3n) is 6.45. The van der Waals surface area contributed by atoms with Crippen molar-refractivity contribution in [2.45, 2.75) is 37.6 Å². The first-order valence-corrected chi connectivity index (χ1v) is 13.5. The van der Waals surface area contributed by atoms with E-state index >= 15 is 0 Å². The molecule has 0 saturated heterocycles. The first kappa shape index (κ1) is 25.0. The molecule has 0 spiro atoms. The van der Waals surface area contributed by atoms with Gasteiger partial charge in [-0.3, -0.25) is 9.69 Å². The number of anilines is 1. The number of benzene rings is 3. The molecule has 1 aromatic heterocycles. The predicted molar refractivity (Wildman–Crippen MR) is 135 cm³/mol. The number of rotatable bonds is 7. The Labute approximate surface area is 213 Å². The highest BCUT2D eigenvalue weighted by molar-refractivity contribution is 7.89. The van der Waals surface area contributed by atoms with Gasteiger partial charge in [0.15, 0.2) is 11.4 Å². The van der Waals surface area contributed by atoms with Crippen LogP contribution in [0.4, 0.5) is 14.8 Å². The summed E-state index contributed by atoms with van der Waals surface area (Å²) >= 11 is 0. The van der Waals surface area contributed by atoms with Gasteiger partial charge in [0.2, 0.25) is 10.0 Å². The van der Waals surface area contributed by atoms with Crippen LogP contribution in [0.25, 0.3) is 11.1 Å². The van der Waals surface area contributed by atoms with E-state index in [1.165, 1.54) is 33.5 Å². The van der Waals surface area contributed by atoms with Crippen molar-refractivity contribution < 1.29 is 26.4 Å². The topological polar surface area (TPSA) is 83.7 Å². The normalized spacial score (nSPS) is 14.0. The van der Waals surface area contributed by atoms with Gasteiger partial charge in [-0.15, -0.1) is 0 Å². The number of hydrogen-bond donors (Lipinski definition) is 0. The van der Waals surface area contributed by atoms with Crippen molar-refractivity contribution in [1.82, 2.24) is 9.29 Å². The number of nitrogens with zero attached hydrogens (tertiary/aromatic N) is 3. The monoisotopic (exact) mass is 525 g/mol. The molecular formula is C27H25F2N3O4S. The van der Waals surface area contributed by atoms with Crippen LogP contribution >= 0.6 is 0 Å². The number of halogens is 2. The van der Waals surface area contributed by atoms with Gasteiger partial charge in [0.1, 0.15) is 11.3 Å². The molecule has 2 heterocycles. The zero-order valence-electron chi connectivity index (χ0n) is 20.2. The summed E-state index contributed by atoms with van der Waals surface area (Å²) in [5.74, 6) is -2.19. The molecule has 0 radical (unpaired) electrons. The molecule has 5 rings (SSSR count). The number of carbonyl (C=O) groups excluding carboxylic acids is 1. The zero-order chi connectivity index (χ0) is 26.2. The van der Waals surface area contributed by atoms with Crippen LogP contribution in [0.2, 0.25) is 0 Å². The van der Waals surface area contributed by atoms with Crippen LogP contribution in [-0.4, -0.2) is 36.7 Å². The molecular weight excluding hydrogens is 500 g/mol. The minimum Gasteiger partial charge on any atom is -0.423 e. The molecule has 0 atom stereocenters. The summed E-state index contributed by atoms with van der Waals surface area (Å²) in [6.07, 6.45) is 2.01. The number of carbonyl (C=O) groups is 1. The molecule has 192 valence electrons. The van der Waals surface area contributed by atoms with Crippen molar-refractivity contribution >= 4 is 33.0 Å². The van der Waals surface area contributed by atoms with E-state index in [1.807, 2.05) is 31.2 Å². The van der Waals surface area contributed by atoms with Gasteiger partial charge in [-0.05, 0) is 48.2 Å². The van der Waals surface area contributed by atoms with Gasteiger partial charge in [-0.2, -0.15) is 9.29 Å². The summed E-state index contributed by atoms with van der Waals surface area (Å²) in [5, 5.41) is 0. The fourth-order valence-corrected chi connectivity index (χ4v) is 5.83. The Bertz CT molecular complexity index is 1570. The fraction of sp³-hybridized carbons (Fsp3) is 0.259. The lowest BCUT2D eigenvalue weighted by atomic mass is 10.0. The molecule has 1 aliphatic heterocycles. The van der Waals surface area contributed by atoms with E-state index in [2.05, 4.69) is 4.98 Å². The molecule has 0 N–H and O–H groups in total. The quantitative estimate of drug-likeness (QED) is 0.327. The molecule has 4 aromatic rings. The van der Waals surface area contributed by atoms with Crippen molar-refractivity contribution in [2.75, 3.05) is 18.0 Å². The molecule has 3 aromatic carbocycles. The summed E-state index contributed by atoms with van der Waals surface area (Å²) in [5.41, 5.74) is 2.06. The number of fused-ring (bicyclic) bond motifs is 2. The lowest BCUT2D eigenvalue weighted by Gasteiger charge is -2.28. The predicted octanol–water partition coefficient (Wildman–Crippen LogP) is 5.30. The first-order valence-electron chi connectivity index (χ1n) is 12.0. The number of oxazole rings is 1. The van der Waals surface area contributed by atoms with Crippen molar-refractivity contribution in [1.29, 1.82) is 0 Å². The number of aromatic nitrogens is 1. The summed E-state index contributed by atoms with van der Waals surface area (Å²) in [6, 6.07) is 15.0. The molecule has 0 fully saturated rings. The van der Waals surface area contributed by atoms with Gasteiger partial charge < -0.3 is 4.42 Å². The average molecular weight is 526 g/mol. The summed E-state index contributed by atoms with van der Waals surface area (Å²) in [6.45, 7) is 2.85. The SMILES string of the molecule is CCCCN(C(=O)c1ccc(S(=O)(=O)N2CCc3ccccc3C2)cc1)c1nc2c(F)cc(F)cc2o1. The maximum absolute atomic E-state index is 14.2. The van der Waals surface area contributed by atoms with Crippen molar-refractivity contribution in [2.24, 2.45) is 0 Å². The Hall–Kier alpha value is -3.63. The molecule has 0 bridgehead atoms. The first-order chi connectivity index (χ1) is 17.8. The molecule has 0 unspecified atom stereocenters. The highest BCUT2D eigenvalue weighted by Crippen LogP contribution is 2.28. The van der Waals surface area contributed by atoms with E-state index in [0.717, 1.165) is 23.6 Å². The Morgan fingerprint density at radius 2 is 1.81 bits per heavy atom. The maximum Gasteiger partial charge on any atom is 0.305 e. The maximum atomic E-state index is 14.2. The van der Waals surface area contributed by atoms with E-state index in [9.17, 15) is 22.0 Å². The standard InChI is InChI=1S/C27H25F2N3O4S/c1-2-3-13-32(27-30-25-23(29)15-21(28)16-24(25)36-27)26(33)19-8-10-22(11-9-19)37(34,35)31-14-12-18-6-4-5-7-20(18)17-31/h4-11,15-16H,2-3,12-14,17H2,1H3. The fourth-order valence-electron chi connectivity index (χ4n) is 4.41. The van der Waals surface area contributed by atoms with Crippen LogP contribution in [0, 0.1) is 11.6 Å². The lowest BCUT2D eigenvalue weighted by molar-refractivity contribution is 0.0981.